The summed E-state index contributed by atoms with van der Waals surface area (Å²) in [4.78, 5) is 24.6. The molecule has 16 heavy (non-hydrogen) atoms. The van der Waals surface area contributed by atoms with E-state index < -0.39 is 11.7 Å². The number of fused-ring (bicyclic) bond motifs is 1. The Bertz CT molecular complexity index is 481. The standard InChI is InChI=1S/C11H11NO4/c1-12-9-7(16-3)5-4-6(15-2)8(9)10(13)11(12)14/h4-5H,1-3H3. The maximum Gasteiger partial charge on any atom is 0.299 e. The number of Topliss-reactive ketones (excluding diaryl/α,β-unsaturated/α-hetero) is 1. The summed E-state index contributed by atoms with van der Waals surface area (Å²) in [5.41, 5.74) is 0.742. The second kappa shape index (κ2) is 3.52. The molecule has 0 bridgehead atoms. The molecule has 2 rings (SSSR count). The minimum atomic E-state index is -0.571. The van der Waals surface area contributed by atoms with Gasteiger partial charge in [-0.15, -0.1) is 0 Å². The molecule has 1 aromatic rings. The van der Waals surface area contributed by atoms with Crippen LogP contribution >= 0.6 is 0 Å². The van der Waals surface area contributed by atoms with E-state index >= 15 is 0 Å². The first-order chi connectivity index (χ1) is 7.61. The molecule has 0 atom stereocenters. The second-order valence-electron chi connectivity index (χ2n) is 3.39. The molecule has 1 amide bonds. The van der Waals surface area contributed by atoms with Gasteiger partial charge in [-0.25, -0.2) is 0 Å². The first kappa shape index (κ1) is 10.5. The van der Waals surface area contributed by atoms with Crippen molar-refractivity contribution >= 4 is 17.4 Å². The fraction of sp³-hybridized carbons (Fsp3) is 0.273. The van der Waals surface area contributed by atoms with Crippen LogP contribution in [0.1, 0.15) is 10.4 Å². The summed E-state index contributed by atoms with van der Waals surface area (Å²) in [5.74, 6) is -0.262. The number of benzene rings is 1. The SMILES string of the molecule is COc1ccc(OC)c2c1C(=O)C(=O)N2C. The van der Waals surface area contributed by atoms with Gasteiger partial charge in [0, 0.05) is 7.05 Å². The summed E-state index contributed by atoms with van der Waals surface area (Å²) in [6, 6.07) is 3.28. The molecule has 0 aromatic heterocycles. The third-order valence-electron chi connectivity index (χ3n) is 2.60. The molecule has 84 valence electrons. The van der Waals surface area contributed by atoms with Crippen molar-refractivity contribution in [3.8, 4) is 11.5 Å². The van der Waals surface area contributed by atoms with E-state index in [2.05, 4.69) is 0 Å². The number of ether oxygens (including phenoxy) is 2. The van der Waals surface area contributed by atoms with Crippen LogP contribution in [0.4, 0.5) is 5.69 Å². The Labute approximate surface area is 92.6 Å². The molecule has 0 radical (unpaired) electrons. The molecular weight excluding hydrogens is 210 g/mol. The van der Waals surface area contributed by atoms with E-state index in [4.69, 9.17) is 9.47 Å². The molecule has 0 fully saturated rings. The van der Waals surface area contributed by atoms with Crippen LogP contribution in [-0.4, -0.2) is 33.0 Å². The number of ketones is 1. The number of amides is 1. The Kier molecular flexibility index (Phi) is 2.30. The lowest BCUT2D eigenvalue weighted by atomic mass is 10.1. The molecular formula is C11H11NO4. The van der Waals surface area contributed by atoms with E-state index in [-0.39, 0.29) is 5.56 Å². The van der Waals surface area contributed by atoms with E-state index in [0.717, 1.165) is 0 Å². The van der Waals surface area contributed by atoms with Crippen molar-refractivity contribution in [3.63, 3.8) is 0 Å². The molecule has 1 heterocycles. The smallest absolute Gasteiger partial charge is 0.299 e. The van der Waals surface area contributed by atoms with Crippen molar-refractivity contribution < 1.29 is 19.1 Å². The molecule has 0 saturated heterocycles. The lowest BCUT2D eigenvalue weighted by Gasteiger charge is -2.14. The van der Waals surface area contributed by atoms with Crippen LogP contribution in [0.2, 0.25) is 0 Å². The van der Waals surface area contributed by atoms with Gasteiger partial charge in [-0.05, 0) is 12.1 Å². The number of nitrogens with zero attached hydrogens (tertiary/aromatic N) is 1. The van der Waals surface area contributed by atoms with E-state index in [1.54, 1.807) is 12.1 Å². The van der Waals surface area contributed by atoms with Crippen molar-refractivity contribution in [2.75, 3.05) is 26.2 Å². The number of hydrogen-bond acceptors (Lipinski definition) is 4. The van der Waals surface area contributed by atoms with Crippen LogP contribution in [0, 0.1) is 0 Å². The van der Waals surface area contributed by atoms with Gasteiger partial charge in [-0.3, -0.25) is 9.59 Å². The summed E-state index contributed by atoms with van der Waals surface area (Å²) >= 11 is 0. The van der Waals surface area contributed by atoms with Gasteiger partial charge in [-0.2, -0.15) is 0 Å². The molecule has 0 N–H and O–H groups in total. The van der Waals surface area contributed by atoms with Gasteiger partial charge in [0.2, 0.25) is 0 Å². The van der Waals surface area contributed by atoms with E-state index in [0.29, 0.717) is 17.2 Å². The summed E-state index contributed by atoms with van der Waals surface area (Å²) < 4.78 is 10.2. The Morgan fingerprint density at radius 2 is 1.62 bits per heavy atom. The maximum absolute atomic E-state index is 11.7. The molecule has 0 aliphatic carbocycles. The molecule has 5 heteroatoms. The number of methoxy groups -OCH3 is 2. The third kappa shape index (κ3) is 1.18. The van der Waals surface area contributed by atoms with Gasteiger partial charge >= 0.3 is 0 Å². The monoisotopic (exact) mass is 221 g/mol. The van der Waals surface area contributed by atoms with Crippen molar-refractivity contribution in [1.82, 2.24) is 0 Å². The fourth-order valence-electron chi connectivity index (χ4n) is 1.80. The van der Waals surface area contributed by atoms with E-state index in [9.17, 15) is 9.59 Å². The number of carbonyl (C=O) groups is 2. The van der Waals surface area contributed by atoms with Crippen LogP contribution in [0.25, 0.3) is 0 Å². The quantitative estimate of drug-likeness (QED) is 0.695. The topological polar surface area (TPSA) is 55.8 Å². The highest BCUT2D eigenvalue weighted by Crippen LogP contribution is 2.41. The van der Waals surface area contributed by atoms with Gasteiger partial charge < -0.3 is 14.4 Å². The normalized spacial score (nSPS) is 14.1. The Morgan fingerprint density at radius 1 is 1.06 bits per heavy atom. The van der Waals surface area contributed by atoms with Gasteiger partial charge in [0.1, 0.15) is 17.2 Å². The first-order valence-corrected chi connectivity index (χ1v) is 4.69. The highest BCUT2D eigenvalue weighted by molar-refractivity contribution is 6.53. The molecule has 0 saturated carbocycles. The summed E-state index contributed by atoms with van der Waals surface area (Å²) in [7, 11) is 4.48. The summed E-state index contributed by atoms with van der Waals surface area (Å²) in [5, 5.41) is 0. The zero-order valence-electron chi connectivity index (χ0n) is 9.23. The number of carbonyl (C=O) groups excluding carboxylic acids is 2. The van der Waals surface area contributed by atoms with Crippen molar-refractivity contribution in [2.24, 2.45) is 0 Å². The highest BCUT2D eigenvalue weighted by atomic mass is 16.5. The number of hydrogen-bond donors (Lipinski definition) is 0. The van der Waals surface area contributed by atoms with Gasteiger partial charge in [0.25, 0.3) is 11.7 Å². The highest BCUT2D eigenvalue weighted by Gasteiger charge is 2.38. The Balaban J connectivity index is 2.74. The van der Waals surface area contributed by atoms with E-state index in [1.165, 1.54) is 26.2 Å². The predicted octanol–water partition coefficient (Wildman–Crippen LogP) is 0.863. The van der Waals surface area contributed by atoms with Crippen molar-refractivity contribution in [3.05, 3.63) is 17.7 Å². The van der Waals surface area contributed by atoms with Gasteiger partial charge in [-0.1, -0.05) is 0 Å². The minimum Gasteiger partial charge on any atom is -0.496 e. The molecule has 1 aromatic carbocycles. The molecule has 0 spiro atoms. The zero-order chi connectivity index (χ0) is 11.9. The predicted molar refractivity (Wildman–Crippen MR) is 57.3 cm³/mol. The molecule has 5 nitrogen and oxygen atoms in total. The average Bonchev–Trinajstić information content (AvgIpc) is 2.54. The lowest BCUT2D eigenvalue weighted by molar-refractivity contribution is -0.114. The Hall–Kier alpha value is -2.04. The van der Waals surface area contributed by atoms with Crippen LogP contribution in [0.5, 0.6) is 11.5 Å². The fourth-order valence-corrected chi connectivity index (χ4v) is 1.80. The van der Waals surface area contributed by atoms with Crippen molar-refractivity contribution in [2.45, 2.75) is 0 Å². The lowest BCUT2D eigenvalue weighted by Crippen LogP contribution is -2.25. The van der Waals surface area contributed by atoms with Gasteiger partial charge in [0.05, 0.1) is 19.8 Å². The second-order valence-corrected chi connectivity index (χ2v) is 3.39. The summed E-state index contributed by atoms with van der Waals surface area (Å²) in [6.07, 6.45) is 0. The minimum absolute atomic E-state index is 0.273. The third-order valence-corrected chi connectivity index (χ3v) is 2.60. The van der Waals surface area contributed by atoms with E-state index in [1.807, 2.05) is 0 Å². The molecule has 1 aliphatic rings. The average molecular weight is 221 g/mol. The number of rotatable bonds is 2. The van der Waals surface area contributed by atoms with Crippen LogP contribution in [-0.2, 0) is 4.79 Å². The van der Waals surface area contributed by atoms with Crippen LogP contribution in [0.15, 0.2) is 12.1 Å². The molecule has 1 aliphatic heterocycles. The zero-order valence-corrected chi connectivity index (χ0v) is 9.23. The largest absolute Gasteiger partial charge is 0.496 e. The summed E-state index contributed by atoms with van der Waals surface area (Å²) in [6.45, 7) is 0. The molecule has 0 unspecified atom stereocenters. The Morgan fingerprint density at radius 3 is 2.19 bits per heavy atom. The number of anilines is 1. The first-order valence-electron chi connectivity index (χ1n) is 4.69. The van der Waals surface area contributed by atoms with Crippen LogP contribution < -0.4 is 14.4 Å². The van der Waals surface area contributed by atoms with Gasteiger partial charge in [0.15, 0.2) is 0 Å². The number of likely N-dealkylation sites (N-methyl/N-ethyl adjacent to an activating group) is 1. The van der Waals surface area contributed by atoms with Crippen molar-refractivity contribution in [1.29, 1.82) is 0 Å². The maximum atomic E-state index is 11.7. The van der Waals surface area contributed by atoms with Crippen LogP contribution in [0.3, 0.4) is 0 Å².